The number of aliphatic hydroxyl groups is 1. The summed E-state index contributed by atoms with van der Waals surface area (Å²) in [5.41, 5.74) is 0.851. The van der Waals surface area contributed by atoms with Gasteiger partial charge in [-0.25, -0.2) is 0 Å². The van der Waals surface area contributed by atoms with Crippen molar-refractivity contribution in [3.8, 4) is 5.75 Å². The highest BCUT2D eigenvalue weighted by Crippen LogP contribution is 2.25. The molecular weight excluding hydrogens is 306 g/mol. The first-order chi connectivity index (χ1) is 11.8. The number of hydrogen-bond donors (Lipinski definition) is 2. The van der Waals surface area contributed by atoms with Crippen molar-refractivity contribution in [1.29, 1.82) is 0 Å². The summed E-state index contributed by atoms with van der Waals surface area (Å²) in [5, 5.41) is 12.3. The summed E-state index contributed by atoms with van der Waals surface area (Å²) in [6.45, 7) is 1.16. The summed E-state index contributed by atoms with van der Waals surface area (Å²) >= 11 is 0. The van der Waals surface area contributed by atoms with Crippen LogP contribution in [0.1, 0.15) is 44.1 Å². The molecule has 2 aliphatic rings. The van der Waals surface area contributed by atoms with Gasteiger partial charge in [0.25, 0.3) is 0 Å². The van der Waals surface area contributed by atoms with Gasteiger partial charge in [-0.2, -0.15) is 0 Å². The van der Waals surface area contributed by atoms with Crippen molar-refractivity contribution in [2.24, 2.45) is 5.92 Å². The molecule has 1 heterocycles. The van der Waals surface area contributed by atoms with Gasteiger partial charge in [0.2, 0.25) is 5.91 Å². The first-order valence-electron chi connectivity index (χ1n) is 9.01. The van der Waals surface area contributed by atoms with Crippen LogP contribution in [0.15, 0.2) is 24.3 Å². The highest BCUT2D eigenvalue weighted by atomic mass is 16.5. The third-order valence-electron chi connectivity index (χ3n) is 5.00. The van der Waals surface area contributed by atoms with E-state index in [0.717, 1.165) is 43.4 Å². The standard InChI is InChI=1S/C19H27NO4/c21-12-14-6-8-16(9-7-14)24-18-13-23-11-10-17(18)20-19(22)15-4-2-1-3-5-15/h6-9,15,17-18,21H,1-5,10-13H2,(H,20,22)/t17-,18-/m1/s1. The van der Waals surface area contributed by atoms with Gasteiger partial charge in [0.05, 0.1) is 19.3 Å². The largest absolute Gasteiger partial charge is 0.486 e. The van der Waals surface area contributed by atoms with Gasteiger partial charge in [0, 0.05) is 12.5 Å². The maximum atomic E-state index is 12.5. The van der Waals surface area contributed by atoms with Crippen LogP contribution < -0.4 is 10.1 Å². The van der Waals surface area contributed by atoms with E-state index in [1.165, 1.54) is 6.42 Å². The van der Waals surface area contributed by atoms with Crippen LogP contribution in [0, 0.1) is 5.92 Å². The van der Waals surface area contributed by atoms with E-state index < -0.39 is 0 Å². The number of nitrogens with one attached hydrogen (secondary N) is 1. The predicted molar refractivity (Wildman–Crippen MR) is 90.7 cm³/mol. The Labute approximate surface area is 143 Å². The molecule has 5 nitrogen and oxygen atoms in total. The maximum Gasteiger partial charge on any atom is 0.223 e. The molecule has 0 unspecified atom stereocenters. The van der Waals surface area contributed by atoms with Crippen LogP contribution in [0.4, 0.5) is 0 Å². The van der Waals surface area contributed by atoms with E-state index >= 15 is 0 Å². The van der Waals surface area contributed by atoms with Gasteiger partial charge >= 0.3 is 0 Å². The number of carbonyl (C=O) groups is 1. The number of carbonyl (C=O) groups excluding carboxylic acids is 1. The van der Waals surface area contributed by atoms with E-state index in [1.54, 1.807) is 0 Å². The molecule has 2 atom stereocenters. The average Bonchev–Trinajstić information content (AvgIpc) is 2.64. The summed E-state index contributed by atoms with van der Waals surface area (Å²) in [4.78, 5) is 12.5. The van der Waals surface area contributed by atoms with Crippen molar-refractivity contribution < 1.29 is 19.4 Å². The molecule has 1 saturated carbocycles. The Kier molecular flexibility index (Phi) is 6.10. The second kappa shape index (κ2) is 8.49. The number of aliphatic hydroxyl groups excluding tert-OH is 1. The number of hydrogen-bond acceptors (Lipinski definition) is 4. The topological polar surface area (TPSA) is 67.8 Å². The van der Waals surface area contributed by atoms with Crippen molar-refractivity contribution in [3.63, 3.8) is 0 Å². The zero-order valence-electron chi connectivity index (χ0n) is 14.1. The lowest BCUT2D eigenvalue weighted by Gasteiger charge is -2.34. The molecule has 1 aromatic rings. The fourth-order valence-corrected chi connectivity index (χ4v) is 3.51. The van der Waals surface area contributed by atoms with E-state index in [-0.39, 0.29) is 30.6 Å². The Morgan fingerprint density at radius 3 is 2.62 bits per heavy atom. The van der Waals surface area contributed by atoms with E-state index in [9.17, 15) is 4.79 Å². The average molecular weight is 333 g/mol. The molecule has 0 bridgehead atoms. The van der Waals surface area contributed by atoms with Gasteiger partial charge in [-0.05, 0) is 37.0 Å². The zero-order valence-corrected chi connectivity index (χ0v) is 14.1. The number of rotatable bonds is 5. The van der Waals surface area contributed by atoms with Gasteiger partial charge in [-0.1, -0.05) is 31.4 Å². The normalized spacial score (nSPS) is 25.2. The van der Waals surface area contributed by atoms with Gasteiger partial charge in [-0.3, -0.25) is 4.79 Å². The molecule has 24 heavy (non-hydrogen) atoms. The van der Waals surface area contributed by atoms with Gasteiger partial charge < -0.3 is 19.9 Å². The highest BCUT2D eigenvalue weighted by Gasteiger charge is 2.31. The zero-order chi connectivity index (χ0) is 16.8. The van der Waals surface area contributed by atoms with Crippen LogP contribution in [0.25, 0.3) is 0 Å². The lowest BCUT2D eigenvalue weighted by Crippen LogP contribution is -2.52. The minimum atomic E-state index is -0.175. The minimum absolute atomic E-state index is 0.00862. The lowest BCUT2D eigenvalue weighted by atomic mass is 9.88. The first kappa shape index (κ1) is 17.2. The summed E-state index contributed by atoms with van der Waals surface area (Å²) in [6, 6.07) is 7.37. The number of ether oxygens (including phenoxy) is 2. The predicted octanol–water partition coefficient (Wildman–Crippen LogP) is 2.41. The first-order valence-corrected chi connectivity index (χ1v) is 9.01. The van der Waals surface area contributed by atoms with E-state index in [1.807, 2.05) is 24.3 Å². The molecule has 1 aliphatic heterocycles. The third-order valence-corrected chi connectivity index (χ3v) is 5.00. The molecule has 2 fully saturated rings. The SMILES string of the molecule is O=C(N[C@@H]1CCOC[C@H]1Oc1ccc(CO)cc1)C1CCCCC1. The van der Waals surface area contributed by atoms with Crippen LogP contribution in [-0.4, -0.2) is 36.4 Å². The van der Waals surface area contributed by atoms with Crippen molar-refractivity contribution in [2.75, 3.05) is 13.2 Å². The Bertz CT molecular complexity index is 525. The fourth-order valence-electron chi connectivity index (χ4n) is 3.51. The van der Waals surface area contributed by atoms with Crippen molar-refractivity contribution in [3.05, 3.63) is 29.8 Å². The molecule has 0 spiro atoms. The van der Waals surface area contributed by atoms with Gasteiger partial charge in [-0.15, -0.1) is 0 Å². The molecule has 0 radical (unpaired) electrons. The number of amides is 1. The minimum Gasteiger partial charge on any atom is -0.486 e. The lowest BCUT2D eigenvalue weighted by molar-refractivity contribution is -0.128. The van der Waals surface area contributed by atoms with Gasteiger partial charge in [0.1, 0.15) is 11.9 Å². The second-order valence-corrected chi connectivity index (χ2v) is 6.77. The molecule has 3 rings (SSSR count). The summed E-state index contributed by atoms with van der Waals surface area (Å²) in [5.74, 6) is 1.07. The van der Waals surface area contributed by atoms with Gasteiger partial charge in [0.15, 0.2) is 0 Å². The molecule has 1 saturated heterocycles. The molecular formula is C19H27NO4. The van der Waals surface area contributed by atoms with Crippen molar-refractivity contribution in [2.45, 2.75) is 57.3 Å². The summed E-state index contributed by atoms with van der Waals surface area (Å²) < 4.78 is 11.6. The Balaban J connectivity index is 1.58. The molecule has 132 valence electrons. The summed E-state index contributed by atoms with van der Waals surface area (Å²) in [6.07, 6.45) is 6.17. The molecule has 1 aromatic carbocycles. The van der Waals surface area contributed by atoms with Crippen LogP contribution in [-0.2, 0) is 16.1 Å². The molecule has 1 aliphatic carbocycles. The molecule has 0 aromatic heterocycles. The number of benzene rings is 1. The van der Waals surface area contributed by atoms with E-state index in [4.69, 9.17) is 14.6 Å². The monoisotopic (exact) mass is 333 g/mol. The molecule has 5 heteroatoms. The highest BCUT2D eigenvalue weighted by molar-refractivity contribution is 5.79. The summed E-state index contributed by atoms with van der Waals surface area (Å²) in [7, 11) is 0. The van der Waals surface area contributed by atoms with Crippen molar-refractivity contribution >= 4 is 5.91 Å². The van der Waals surface area contributed by atoms with Crippen LogP contribution in [0.5, 0.6) is 5.75 Å². The van der Waals surface area contributed by atoms with Crippen LogP contribution in [0.3, 0.4) is 0 Å². The molecule has 2 N–H and O–H groups in total. The second-order valence-electron chi connectivity index (χ2n) is 6.77. The Morgan fingerprint density at radius 2 is 1.92 bits per heavy atom. The van der Waals surface area contributed by atoms with Crippen molar-refractivity contribution in [1.82, 2.24) is 5.32 Å². The van der Waals surface area contributed by atoms with Crippen LogP contribution in [0.2, 0.25) is 0 Å². The smallest absolute Gasteiger partial charge is 0.223 e. The fraction of sp³-hybridized carbons (Fsp3) is 0.632. The Morgan fingerprint density at radius 1 is 1.17 bits per heavy atom. The quantitative estimate of drug-likeness (QED) is 0.868. The van der Waals surface area contributed by atoms with E-state index in [2.05, 4.69) is 5.32 Å². The van der Waals surface area contributed by atoms with E-state index in [0.29, 0.717) is 13.2 Å². The molecule has 1 amide bonds. The Hall–Kier alpha value is -1.59. The third kappa shape index (κ3) is 4.48. The maximum absolute atomic E-state index is 12.5. The van der Waals surface area contributed by atoms with Crippen LogP contribution >= 0.6 is 0 Å².